The number of hydrogen-bond donors (Lipinski definition) is 2. The van der Waals surface area contributed by atoms with Crippen LogP contribution in [0.5, 0.6) is 0 Å². The van der Waals surface area contributed by atoms with Crippen molar-refractivity contribution in [2.75, 3.05) is 6.54 Å². The summed E-state index contributed by atoms with van der Waals surface area (Å²) in [5, 5.41) is 5.29. The lowest BCUT2D eigenvalue weighted by Crippen LogP contribution is -2.41. The van der Waals surface area contributed by atoms with Gasteiger partial charge in [0.15, 0.2) is 0 Å². The normalized spacial score (nSPS) is 23.1. The highest BCUT2D eigenvalue weighted by atomic mass is 79.9. The molecule has 0 spiro atoms. The van der Waals surface area contributed by atoms with E-state index >= 15 is 0 Å². The number of hydrogen-bond acceptors (Lipinski definition) is 2. The Morgan fingerprint density at radius 1 is 1.47 bits per heavy atom. The summed E-state index contributed by atoms with van der Waals surface area (Å²) in [4.78, 5) is 11.9. The van der Waals surface area contributed by atoms with E-state index in [-0.39, 0.29) is 11.9 Å². The molecule has 2 N–H and O–H groups in total. The quantitative estimate of drug-likeness (QED) is 0.893. The largest absolute Gasteiger partial charge is 0.348 e. The van der Waals surface area contributed by atoms with Crippen LogP contribution in [0.4, 0.5) is 8.78 Å². The van der Waals surface area contributed by atoms with Gasteiger partial charge in [0.25, 0.3) is 5.92 Å². The Morgan fingerprint density at radius 2 is 2.11 bits per heavy atom. The van der Waals surface area contributed by atoms with Crippen molar-refractivity contribution < 1.29 is 13.6 Å². The lowest BCUT2D eigenvalue weighted by molar-refractivity contribution is -0.124. The zero-order valence-electron chi connectivity index (χ0n) is 10.4. The van der Waals surface area contributed by atoms with E-state index in [4.69, 9.17) is 0 Å². The van der Waals surface area contributed by atoms with Crippen LogP contribution in [0.3, 0.4) is 0 Å². The van der Waals surface area contributed by atoms with Crippen LogP contribution in [-0.2, 0) is 4.79 Å². The Labute approximate surface area is 118 Å². The highest BCUT2D eigenvalue weighted by Crippen LogP contribution is 2.25. The number of carbonyl (C=O) groups is 1. The van der Waals surface area contributed by atoms with Crippen LogP contribution in [0.25, 0.3) is 0 Å². The van der Waals surface area contributed by atoms with E-state index in [1.807, 2.05) is 31.2 Å². The molecule has 2 atom stereocenters. The number of carbonyl (C=O) groups excluding carboxylic acids is 1. The highest BCUT2D eigenvalue weighted by Gasteiger charge is 2.42. The van der Waals surface area contributed by atoms with Crippen molar-refractivity contribution in [3.8, 4) is 0 Å². The summed E-state index contributed by atoms with van der Waals surface area (Å²) in [7, 11) is 0. The van der Waals surface area contributed by atoms with Crippen LogP contribution in [0.2, 0.25) is 0 Å². The van der Waals surface area contributed by atoms with Gasteiger partial charge in [-0.1, -0.05) is 28.1 Å². The topological polar surface area (TPSA) is 41.1 Å². The minimum atomic E-state index is -2.79. The van der Waals surface area contributed by atoms with Crippen LogP contribution in [0.1, 0.15) is 24.9 Å². The number of amides is 1. The zero-order chi connectivity index (χ0) is 14.0. The number of halogens is 3. The first-order valence-electron chi connectivity index (χ1n) is 6.04. The Hall–Kier alpha value is -1.01. The molecule has 1 saturated heterocycles. The molecule has 1 aliphatic heterocycles. The second-order valence-electron chi connectivity index (χ2n) is 4.78. The fraction of sp³-hybridized carbons (Fsp3) is 0.462. The third-order valence-corrected chi connectivity index (χ3v) is 3.68. The molecule has 0 aromatic heterocycles. The van der Waals surface area contributed by atoms with Gasteiger partial charge >= 0.3 is 0 Å². The summed E-state index contributed by atoms with van der Waals surface area (Å²) in [5.74, 6) is -3.17. The summed E-state index contributed by atoms with van der Waals surface area (Å²) in [5.41, 5.74) is 0.932. The van der Waals surface area contributed by atoms with E-state index in [2.05, 4.69) is 26.6 Å². The van der Waals surface area contributed by atoms with Crippen molar-refractivity contribution in [2.45, 2.75) is 31.4 Å². The molecule has 0 saturated carbocycles. The summed E-state index contributed by atoms with van der Waals surface area (Å²) in [6.45, 7) is 1.39. The summed E-state index contributed by atoms with van der Waals surface area (Å²) < 4.78 is 27.0. The van der Waals surface area contributed by atoms with Gasteiger partial charge in [0.2, 0.25) is 5.91 Å². The molecular formula is C13H15BrF2N2O. The number of alkyl halides is 2. The van der Waals surface area contributed by atoms with E-state index < -0.39 is 24.9 Å². The molecule has 1 heterocycles. The average Bonchev–Trinajstić information content (AvgIpc) is 2.70. The molecule has 19 heavy (non-hydrogen) atoms. The third-order valence-electron chi connectivity index (χ3n) is 3.16. The van der Waals surface area contributed by atoms with E-state index in [1.165, 1.54) is 0 Å². The molecule has 6 heteroatoms. The van der Waals surface area contributed by atoms with Crippen molar-refractivity contribution in [1.82, 2.24) is 10.6 Å². The van der Waals surface area contributed by atoms with Gasteiger partial charge in [-0.15, -0.1) is 0 Å². The van der Waals surface area contributed by atoms with E-state index in [1.54, 1.807) is 0 Å². The fourth-order valence-electron chi connectivity index (χ4n) is 2.05. The molecule has 0 radical (unpaired) electrons. The second-order valence-corrected chi connectivity index (χ2v) is 5.69. The lowest BCUT2D eigenvalue weighted by Gasteiger charge is -2.17. The van der Waals surface area contributed by atoms with Crippen LogP contribution < -0.4 is 10.6 Å². The summed E-state index contributed by atoms with van der Waals surface area (Å²) in [6, 6.07) is 6.49. The molecule has 2 unspecified atom stereocenters. The van der Waals surface area contributed by atoms with Crippen LogP contribution in [0, 0.1) is 0 Å². The molecule has 0 bridgehead atoms. The maximum atomic E-state index is 13.0. The van der Waals surface area contributed by atoms with E-state index in [9.17, 15) is 13.6 Å². The molecule has 2 rings (SSSR count). The van der Waals surface area contributed by atoms with Crippen LogP contribution >= 0.6 is 15.9 Å². The maximum Gasteiger partial charge on any atom is 0.262 e. The zero-order valence-corrected chi connectivity index (χ0v) is 12.0. The smallest absolute Gasteiger partial charge is 0.262 e. The Morgan fingerprint density at radius 3 is 2.63 bits per heavy atom. The molecule has 1 aromatic rings. The SMILES string of the molecule is CC(NC(=O)C1CC(F)(F)CN1)c1ccc(Br)cc1. The van der Waals surface area contributed by atoms with Gasteiger partial charge < -0.3 is 5.32 Å². The van der Waals surface area contributed by atoms with Crippen molar-refractivity contribution in [1.29, 1.82) is 0 Å². The summed E-state index contributed by atoms with van der Waals surface area (Å²) >= 11 is 3.33. The highest BCUT2D eigenvalue weighted by molar-refractivity contribution is 9.10. The lowest BCUT2D eigenvalue weighted by atomic mass is 10.1. The molecule has 1 aliphatic rings. The first kappa shape index (κ1) is 14.4. The van der Waals surface area contributed by atoms with Gasteiger partial charge in [-0.25, -0.2) is 8.78 Å². The molecular weight excluding hydrogens is 318 g/mol. The van der Waals surface area contributed by atoms with Crippen LogP contribution in [0.15, 0.2) is 28.7 Å². The summed E-state index contributed by atoms with van der Waals surface area (Å²) in [6.07, 6.45) is -0.439. The maximum absolute atomic E-state index is 13.0. The third kappa shape index (κ3) is 3.73. The van der Waals surface area contributed by atoms with E-state index in [0.717, 1.165) is 10.0 Å². The van der Waals surface area contributed by atoms with Gasteiger partial charge in [-0.3, -0.25) is 10.1 Å². The molecule has 3 nitrogen and oxygen atoms in total. The first-order chi connectivity index (χ1) is 8.87. The predicted molar refractivity (Wildman–Crippen MR) is 72.1 cm³/mol. The number of nitrogens with one attached hydrogen (secondary N) is 2. The van der Waals surface area contributed by atoms with E-state index in [0.29, 0.717) is 0 Å². The monoisotopic (exact) mass is 332 g/mol. The minimum absolute atomic E-state index is 0.211. The molecule has 1 aromatic carbocycles. The second kappa shape index (κ2) is 5.54. The standard InChI is InChI=1S/C13H15BrF2N2O/c1-8(9-2-4-10(14)5-3-9)18-12(19)11-6-13(15,16)7-17-11/h2-5,8,11,17H,6-7H2,1H3,(H,18,19). The molecule has 0 aliphatic carbocycles. The van der Waals surface area contributed by atoms with Crippen molar-refractivity contribution >= 4 is 21.8 Å². The minimum Gasteiger partial charge on any atom is -0.348 e. The van der Waals surface area contributed by atoms with Gasteiger partial charge in [-0.2, -0.15) is 0 Å². The van der Waals surface area contributed by atoms with Crippen molar-refractivity contribution in [3.05, 3.63) is 34.3 Å². The van der Waals surface area contributed by atoms with Gasteiger partial charge in [0, 0.05) is 10.9 Å². The van der Waals surface area contributed by atoms with Crippen LogP contribution in [-0.4, -0.2) is 24.4 Å². The number of rotatable bonds is 3. The molecule has 104 valence electrons. The molecule has 1 fully saturated rings. The van der Waals surface area contributed by atoms with Crippen molar-refractivity contribution in [3.63, 3.8) is 0 Å². The Balaban J connectivity index is 1.94. The van der Waals surface area contributed by atoms with Crippen molar-refractivity contribution in [2.24, 2.45) is 0 Å². The number of benzene rings is 1. The van der Waals surface area contributed by atoms with Gasteiger partial charge in [0.1, 0.15) is 0 Å². The molecule has 1 amide bonds. The fourth-order valence-corrected chi connectivity index (χ4v) is 2.31. The van der Waals surface area contributed by atoms with Gasteiger partial charge in [-0.05, 0) is 24.6 Å². The van der Waals surface area contributed by atoms with Gasteiger partial charge in [0.05, 0.1) is 18.6 Å². The Bertz CT molecular complexity index is 464. The first-order valence-corrected chi connectivity index (χ1v) is 6.84. The predicted octanol–water partition coefficient (Wildman–Crippen LogP) is 2.62. The Kier molecular flexibility index (Phi) is 4.20. The average molecular weight is 333 g/mol.